The Bertz CT molecular complexity index is 2650. The highest BCUT2D eigenvalue weighted by molar-refractivity contribution is 5.92. The highest BCUT2D eigenvalue weighted by Gasteiger charge is 2.48. The van der Waals surface area contributed by atoms with Crippen molar-refractivity contribution in [1.82, 2.24) is 25.3 Å². The van der Waals surface area contributed by atoms with Crippen molar-refractivity contribution in [2.75, 3.05) is 34.9 Å². The zero-order valence-corrected chi connectivity index (χ0v) is 50.8. The van der Waals surface area contributed by atoms with Crippen molar-refractivity contribution >= 4 is 53.3 Å². The molecule has 0 bridgehead atoms. The SMILES string of the molecule is C#CCC(OC(=O)N(C)[C@H](C(=O)N[C@H](C(=O)N(C)[C@@H]([C@@H](C)CC)[C@@H](CC(=O)N1CCC[C@H]1C[C@@H](C)C(=O)N[C@H](C)[C@@H](O)c1ccccc1)OC)C(C)C)C(C)C)c1ccc(O[C@@H]2O[C@H](C(=O)OC)C[C@H](OC(C)=O)[C@H]2OC(C)=O)c([N+](=O)[O-])c1. The number of benzene rings is 2. The number of nitrogens with one attached hydrogen (secondary N) is 2. The van der Waals surface area contributed by atoms with E-state index < -0.39 is 137 Å². The molecule has 24 nitrogen and oxygen atoms in total. The Morgan fingerprint density at radius 1 is 0.893 bits per heavy atom. The largest absolute Gasteiger partial charge is 0.467 e. The number of nitro benzene ring substituents is 1. The molecule has 5 amide bonds. The van der Waals surface area contributed by atoms with Crippen LogP contribution in [0.15, 0.2) is 48.5 Å². The monoisotopic (exact) mass is 1180 g/mol. The maximum Gasteiger partial charge on any atom is 0.410 e. The molecule has 2 aromatic carbocycles. The van der Waals surface area contributed by atoms with Gasteiger partial charge in [0.2, 0.25) is 36.0 Å². The summed E-state index contributed by atoms with van der Waals surface area (Å²) in [6.07, 6.45) is -2.49. The van der Waals surface area contributed by atoms with Crippen molar-refractivity contribution < 1.29 is 81.5 Å². The lowest BCUT2D eigenvalue weighted by molar-refractivity contribution is -0.387. The number of nitrogens with zero attached hydrogens (tertiary/aromatic N) is 4. The molecule has 14 atom stereocenters. The van der Waals surface area contributed by atoms with Gasteiger partial charge in [0.25, 0.3) is 0 Å². The van der Waals surface area contributed by atoms with E-state index in [-0.39, 0.29) is 48.6 Å². The van der Waals surface area contributed by atoms with E-state index in [0.29, 0.717) is 31.4 Å². The van der Waals surface area contributed by atoms with Crippen molar-refractivity contribution in [3.63, 3.8) is 0 Å². The summed E-state index contributed by atoms with van der Waals surface area (Å²) < 4.78 is 39.1. The number of rotatable bonds is 28. The predicted molar refractivity (Wildman–Crippen MR) is 305 cm³/mol. The molecule has 2 saturated heterocycles. The first-order valence-corrected chi connectivity index (χ1v) is 28.4. The summed E-state index contributed by atoms with van der Waals surface area (Å²) in [5, 5.41) is 29.3. The smallest absolute Gasteiger partial charge is 0.410 e. The van der Waals surface area contributed by atoms with Gasteiger partial charge in [-0.2, -0.15) is 0 Å². The molecule has 3 N–H and O–H groups in total. The first kappa shape index (κ1) is 69.1. The molecule has 0 spiro atoms. The highest BCUT2D eigenvalue weighted by atomic mass is 16.7. The van der Waals surface area contributed by atoms with Gasteiger partial charge in [-0.1, -0.05) is 91.3 Å². The topological polar surface area (TPSA) is 298 Å². The molecule has 0 saturated carbocycles. The first-order chi connectivity index (χ1) is 39.6. The van der Waals surface area contributed by atoms with E-state index in [1.165, 1.54) is 25.1 Å². The molecule has 1 unspecified atom stereocenters. The Labute approximate surface area is 492 Å². The van der Waals surface area contributed by atoms with Gasteiger partial charge in [0.05, 0.1) is 49.2 Å². The van der Waals surface area contributed by atoms with Crippen LogP contribution in [-0.2, 0) is 62.0 Å². The van der Waals surface area contributed by atoms with E-state index in [0.717, 1.165) is 44.4 Å². The highest BCUT2D eigenvalue weighted by Crippen LogP contribution is 2.37. The van der Waals surface area contributed by atoms with Crippen molar-refractivity contribution in [2.24, 2.45) is 23.7 Å². The van der Waals surface area contributed by atoms with E-state index in [9.17, 15) is 53.6 Å². The quantitative estimate of drug-likeness (QED) is 0.0291. The Balaban J connectivity index is 1.51. The minimum atomic E-state index is -1.74. The third kappa shape index (κ3) is 18.3. The van der Waals surface area contributed by atoms with Crippen LogP contribution in [0, 0.1) is 46.1 Å². The fourth-order valence-electron chi connectivity index (χ4n) is 10.8. The van der Waals surface area contributed by atoms with E-state index >= 15 is 0 Å². The van der Waals surface area contributed by atoms with Crippen LogP contribution in [0.3, 0.4) is 0 Å². The van der Waals surface area contributed by atoms with Gasteiger partial charge < -0.3 is 58.7 Å². The summed E-state index contributed by atoms with van der Waals surface area (Å²) in [6, 6.07) is 8.78. The number of aliphatic hydroxyl groups excluding tert-OH is 1. The standard InChI is InChI=1S/C60H86N6O18/c1-16-22-44(41-26-27-45(43(30-41)66(76)77)82-59-54(81-39(11)68)47(80-38(10)67)31-48(83-59)58(74)79-15)84-60(75)64(13)51(34(5)6)56(72)62-50(33(3)4)57(73)63(12)52(35(7)17-2)46(78-14)32-49(69)65-28-21-25-42(65)29-36(8)55(71)61-37(9)53(70)40-23-19-18-20-24-40/h1,18-20,23-24,26-27,30,33-37,42,44,46-48,50-54,59,70H,17,21-22,25,28-29,31-32H2,2-15H3,(H,61,71)(H,62,72)/t35-,36+,37+,42-,44?,46+,47-,48-,50-,51-,52-,53+,54+,59+/m0/s1. The number of likely N-dealkylation sites (N-methyl/N-ethyl adjacent to an activating group) is 2. The second-order valence-corrected chi connectivity index (χ2v) is 22.4. The number of carbonyl (C=O) groups is 8. The molecular weight excluding hydrogens is 1090 g/mol. The van der Waals surface area contributed by atoms with Gasteiger partial charge >= 0.3 is 29.7 Å². The van der Waals surface area contributed by atoms with E-state index in [1.807, 2.05) is 32.0 Å². The number of terminal acetylenes is 1. The first-order valence-electron chi connectivity index (χ1n) is 28.4. The molecule has 2 aliphatic rings. The Morgan fingerprint density at radius 3 is 2.11 bits per heavy atom. The summed E-state index contributed by atoms with van der Waals surface area (Å²) >= 11 is 0. The van der Waals surface area contributed by atoms with Crippen LogP contribution in [0.4, 0.5) is 10.5 Å². The van der Waals surface area contributed by atoms with Crippen molar-refractivity contribution in [3.8, 4) is 18.1 Å². The maximum absolute atomic E-state index is 14.8. The maximum atomic E-state index is 14.8. The molecule has 2 aromatic rings. The van der Waals surface area contributed by atoms with E-state index in [4.69, 9.17) is 39.6 Å². The van der Waals surface area contributed by atoms with Crippen molar-refractivity contribution in [2.45, 2.75) is 187 Å². The fraction of sp³-hybridized carbons (Fsp3) is 0.633. The predicted octanol–water partition coefficient (Wildman–Crippen LogP) is 5.96. The molecule has 2 aliphatic heterocycles. The Morgan fingerprint density at radius 2 is 1.55 bits per heavy atom. The van der Waals surface area contributed by atoms with Crippen molar-refractivity contribution in [1.29, 1.82) is 0 Å². The zero-order valence-electron chi connectivity index (χ0n) is 50.8. The lowest BCUT2D eigenvalue weighted by atomic mass is 9.89. The van der Waals surface area contributed by atoms with Crippen LogP contribution in [0.5, 0.6) is 5.75 Å². The van der Waals surface area contributed by atoms with Crippen LogP contribution < -0.4 is 15.4 Å². The Kier molecular flexibility index (Phi) is 26.4. The molecule has 84 heavy (non-hydrogen) atoms. The number of hydrogen-bond donors (Lipinski definition) is 3. The van der Waals surface area contributed by atoms with Crippen LogP contribution in [0.1, 0.15) is 138 Å². The van der Waals surface area contributed by atoms with Gasteiger partial charge in [0.1, 0.15) is 24.3 Å². The normalized spacial score (nSPS) is 20.9. The number of carbonyl (C=O) groups excluding carboxylic acids is 8. The fourth-order valence-corrected chi connectivity index (χ4v) is 10.8. The molecule has 0 aromatic heterocycles. The summed E-state index contributed by atoms with van der Waals surface area (Å²) in [6.45, 7) is 17.0. The molecule has 4 rings (SSSR count). The van der Waals surface area contributed by atoms with Gasteiger partial charge in [0, 0.05) is 71.6 Å². The van der Waals surface area contributed by atoms with Gasteiger partial charge in [-0.05, 0) is 55.6 Å². The average Bonchev–Trinajstić information content (AvgIpc) is 3.63. The van der Waals surface area contributed by atoms with E-state index in [1.54, 1.807) is 65.6 Å². The van der Waals surface area contributed by atoms with Crippen LogP contribution in [0.2, 0.25) is 0 Å². The lowest BCUT2D eigenvalue weighted by Crippen LogP contribution is -2.60. The molecule has 464 valence electrons. The van der Waals surface area contributed by atoms with Gasteiger partial charge in [0.15, 0.2) is 11.9 Å². The zero-order chi connectivity index (χ0) is 62.9. The van der Waals surface area contributed by atoms with Crippen molar-refractivity contribution in [3.05, 3.63) is 69.8 Å². The number of aliphatic hydroxyl groups is 1. The number of likely N-dealkylation sites (tertiary alicyclic amines) is 1. The average molecular weight is 1180 g/mol. The van der Waals surface area contributed by atoms with Crippen LogP contribution >= 0.6 is 0 Å². The number of hydrogen-bond acceptors (Lipinski definition) is 18. The van der Waals surface area contributed by atoms with E-state index in [2.05, 4.69) is 16.6 Å². The number of amides is 5. The molecule has 2 fully saturated rings. The van der Waals surface area contributed by atoms with Crippen LogP contribution in [-0.4, -0.2) is 168 Å². The number of esters is 3. The summed E-state index contributed by atoms with van der Waals surface area (Å²) in [7, 11) is 5.50. The molecule has 2 heterocycles. The molecular formula is C60H86N6O18. The molecule has 0 aliphatic carbocycles. The van der Waals surface area contributed by atoms with Gasteiger partial charge in [-0.15, -0.1) is 12.3 Å². The van der Waals surface area contributed by atoms with Gasteiger partial charge in [-0.3, -0.25) is 43.8 Å². The second-order valence-electron chi connectivity index (χ2n) is 22.4. The third-order valence-electron chi connectivity index (χ3n) is 15.5. The minimum Gasteiger partial charge on any atom is -0.467 e. The molecule has 0 radical (unpaired) electrons. The number of nitro groups is 1. The number of ether oxygens (including phenoxy) is 7. The lowest BCUT2D eigenvalue weighted by Gasteiger charge is -2.41. The summed E-state index contributed by atoms with van der Waals surface area (Å²) in [5.74, 6) is -3.88. The number of methoxy groups -OCH3 is 2. The summed E-state index contributed by atoms with van der Waals surface area (Å²) in [4.78, 5) is 124. The van der Waals surface area contributed by atoms with Crippen LogP contribution in [0.25, 0.3) is 0 Å². The molecule has 24 heteroatoms. The summed E-state index contributed by atoms with van der Waals surface area (Å²) in [5.41, 5.74) is 0.0216. The third-order valence-corrected chi connectivity index (χ3v) is 15.5. The minimum absolute atomic E-state index is 0.0348. The Hall–Kier alpha value is -7.36. The second kappa shape index (κ2) is 32.1. The van der Waals surface area contributed by atoms with Gasteiger partial charge in [-0.25, -0.2) is 9.59 Å².